The molecule has 144 valence electrons. The van der Waals surface area contributed by atoms with Crippen molar-refractivity contribution >= 4 is 6.03 Å². The van der Waals surface area contributed by atoms with Crippen molar-refractivity contribution in [1.82, 2.24) is 15.1 Å². The molecular weight excluding hydrogens is 326 g/mol. The Labute approximate surface area is 157 Å². The molecule has 1 aromatic rings. The molecule has 26 heavy (non-hydrogen) atoms. The first-order valence-electron chi connectivity index (χ1n) is 10.1. The first-order chi connectivity index (χ1) is 12.6. The van der Waals surface area contributed by atoms with Gasteiger partial charge in [0.15, 0.2) is 0 Å². The van der Waals surface area contributed by atoms with Gasteiger partial charge in [-0.25, -0.2) is 4.79 Å². The van der Waals surface area contributed by atoms with Gasteiger partial charge in [-0.3, -0.25) is 4.90 Å². The molecule has 0 spiro atoms. The molecule has 3 rings (SSSR count). The maximum Gasteiger partial charge on any atom is 0.317 e. The van der Waals surface area contributed by atoms with Crippen LogP contribution in [-0.4, -0.2) is 53.7 Å². The molecule has 2 aliphatic heterocycles. The van der Waals surface area contributed by atoms with Crippen molar-refractivity contribution < 1.29 is 9.90 Å². The van der Waals surface area contributed by atoms with Gasteiger partial charge in [0, 0.05) is 31.6 Å². The Morgan fingerprint density at radius 1 is 1.23 bits per heavy atom. The van der Waals surface area contributed by atoms with Crippen LogP contribution in [0.25, 0.3) is 0 Å². The fraction of sp³-hybridized carbons (Fsp3) is 0.667. The summed E-state index contributed by atoms with van der Waals surface area (Å²) in [5.41, 5.74) is 2.38. The molecule has 2 aliphatic rings. The van der Waals surface area contributed by atoms with Crippen LogP contribution in [-0.2, 0) is 13.1 Å². The van der Waals surface area contributed by atoms with E-state index >= 15 is 0 Å². The Hall–Kier alpha value is -1.59. The molecular formula is C21H33N3O2. The summed E-state index contributed by atoms with van der Waals surface area (Å²) in [6, 6.07) is 8.52. The van der Waals surface area contributed by atoms with Crippen LogP contribution in [0.2, 0.25) is 0 Å². The molecule has 1 atom stereocenters. The van der Waals surface area contributed by atoms with Crippen LogP contribution >= 0.6 is 0 Å². The molecule has 2 amide bonds. The van der Waals surface area contributed by atoms with Crippen LogP contribution < -0.4 is 5.32 Å². The van der Waals surface area contributed by atoms with E-state index in [0.29, 0.717) is 13.1 Å². The number of nitrogens with one attached hydrogen (secondary N) is 1. The minimum atomic E-state index is -0.0955. The van der Waals surface area contributed by atoms with Crippen molar-refractivity contribution in [3.63, 3.8) is 0 Å². The Balaban J connectivity index is 1.50. The van der Waals surface area contributed by atoms with Gasteiger partial charge in [-0.15, -0.1) is 0 Å². The number of hydrogen-bond donors (Lipinski definition) is 2. The molecule has 2 N–H and O–H groups in total. The zero-order chi connectivity index (χ0) is 18.4. The zero-order valence-corrected chi connectivity index (χ0v) is 16.0. The molecule has 5 heteroatoms. The third kappa shape index (κ3) is 4.77. The highest BCUT2D eigenvalue weighted by atomic mass is 16.3. The van der Waals surface area contributed by atoms with Gasteiger partial charge in [-0.1, -0.05) is 37.6 Å². The van der Waals surface area contributed by atoms with Crippen LogP contribution in [0.5, 0.6) is 0 Å². The molecule has 0 bridgehead atoms. The van der Waals surface area contributed by atoms with Crippen LogP contribution in [0.3, 0.4) is 0 Å². The molecule has 1 unspecified atom stereocenters. The number of aliphatic hydroxyl groups is 1. The average Bonchev–Trinajstić information content (AvgIpc) is 3.31. The van der Waals surface area contributed by atoms with E-state index in [1.165, 1.54) is 31.5 Å². The normalized spacial score (nSPS) is 23.5. The third-order valence-electron chi connectivity index (χ3n) is 5.88. The molecule has 0 saturated carbocycles. The third-order valence-corrected chi connectivity index (χ3v) is 5.88. The number of carbonyl (C=O) groups excluding carboxylic acids is 1. The summed E-state index contributed by atoms with van der Waals surface area (Å²) in [5, 5.41) is 12.8. The van der Waals surface area contributed by atoms with E-state index in [1.54, 1.807) is 0 Å². The Kier molecular flexibility index (Phi) is 6.54. The second-order valence-corrected chi connectivity index (χ2v) is 8.04. The molecule has 2 saturated heterocycles. The lowest BCUT2D eigenvalue weighted by molar-refractivity contribution is 0.120. The first kappa shape index (κ1) is 19.2. The summed E-state index contributed by atoms with van der Waals surface area (Å²) >= 11 is 0. The minimum Gasteiger partial charge on any atom is -0.396 e. The highest BCUT2D eigenvalue weighted by Gasteiger charge is 2.38. The molecule has 1 aromatic carbocycles. The molecule has 0 aromatic heterocycles. The van der Waals surface area contributed by atoms with Gasteiger partial charge in [0.1, 0.15) is 0 Å². The van der Waals surface area contributed by atoms with Crippen molar-refractivity contribution in [3.05, 3.63) is 35.4 Å². The first-order valence-corrected chi connectivity index (χ1v) is 10.1. The summed E-state index contributed by atoms with van der Waals surface area (Å²) in [4.78, 5) is 16.9. The quantitative estimate of drug-likeness (QED) is 0.787. The number of rotatable bonds is 7. The topological polar surface area (TPSA) is 55.8 Å². The van der Waals surface area contributed by atoms with Gasteiger partial charge in [0.05, 0.1) is 6.61 Å². The number of hydrogen-bond acceptors (Lipinski definition) is 3. The molecule has 0 aliphatic carbocycles. The van der Waals surface area contributed by atoms with E-state index in [4.69, 9.17) is 0 Å². The second kappa shape index (κ2) is 8.87. The summed E-state index contributed by atoms with van der Waals surface area (Å²) in [6.07, 6.45) is 5.53. The van der Waals surface area contributed by atoms with Crippen LogP contribution in [0.15, 0.2) is 24.3 Å². The summed E-state index contributed by atoms with van der Waals surface area (Å²) in [6.45, 7) is 7.66. The molecule has 5 nitrogen and oxygen atoms in total. The highest BCUT2D eigenvalue weighted by molar-refractivity contribution is 5.74. The van der Waals surface area contributed by atoms with E-state index in [9.17, 15) is 9.90 Å². The monoisotopic (exact) mass is 359 g/mol. The van der Waals surface area contributed by atoms with E-state index in [-0.39, 0.29) is 18.1 Å². The van der Waals surface area contributed by atoms with Gasteiger partial charge in [0.25, 0.3) is 0 Å². The smallest absolute Gasteiger partial charge is 0.317 e. The predicted octanol–water partition coefficient (Wildman–Crippen LogP) is 2.98. The maximum absolute atomic E-state index is 12.5. The second-order valence-electron chi connectivity index (χ2n) is 8.04. The van der Waals surface area contributed by atoms with Gasteiger partial charge in [0.2, 0.25) is 0 Å². The molecule has 2 fully saturated rings. The lowest BCUT2D eigenvalue weighted by Gasteiger charge is -2.26. The lowest BCUT2D eigenvalue weighted by Crippen LogP contribution is -2.40. The Bertz CT molecular complexity index is 601. The SMILES string of the molecule is CCCC1(CO)CCN(C(=O)NCc2cccc(CN3CCCC3)c2)C1. The van der Waals surface area contributed by atoms with Crippen LogP contribution in [0.4, 0.5) is 4.79 Å². The van der Waals surface area contributed by atoms with Gasteiger partial charge >= 0.3 is 6.03 Å². The van der Waals surface area contributed by atoms with Crippen molar-refractivity contribution in [2.75, 3.05) is 32.8 Å². The summed E-state index contributed by atoms with van der Waals surface area (Å²) in [5.74, 6) is 0. The zero-order valence-electron chi connectivity index (χ0n) is 16.0. The number of benzene rings is 1. The van der Waals surface area contributed by atoms with Crippen molar-refractivity contribution in [2.45, 2.75) is 52.1 Å². The highest BCUT2D eigenvalue weighted by Crippen LogP contribution is 2.34. The van der Waals surface area contributed by atoms with E-state index in [0.717, 1.165) is 37.9 Å². The molecule has 2 heterocycles. The lowest BCUT2D eigenvalue weighted by atomic mass is 9.83. The average molecular weight is 360 g/mol. The number of carbonyl (C=O) groups is 1. The van der Waals surface area contributed by atoms with Gasteiger partial charge in [-0.05, 0) is 49.9 Å². The fourth-order valence-corrected chi connectivity index (χ4v) is 4.38. The van der Waals surface area contributed by atoms with Crippen molar-refractivity contribution in [1.29, 1.82) is 0 Å². The van der Waals surface area contributed by atoms with E-state index in [1.807, 2.05) is 4.90 Å². The van der Waals surface area contributed by atoms with Crippen LogP contribution in [0, 0.1) is 5.41 Å². The summed E-state index contributed by atoms with van der Waals surface area (Å²) < 4.78 is 0. The van der Waals surface area contributed by atoms with Crippen molar-refractivity contribution in [2.24, 2.45) is 5.41 Å². The number of amides is 2. The van der Waals surface area contributed by atoms with Crippen LogP contribution in [0.1, 0.15) is 50.2 Å². The van der Waals surface area contributed by atoms with Gasteiger partial charge < -0.3 is 15.3 Å². The largest absolute Gasteiger partial charge is 0.396 e. The number of aliphatic hydroxyl groups excluding tert-OH is 1. The Morgan fingerprint density at radius 2 is 2.00 bits per heavy atom. The molecule has 0 radical (unpaired) electrons. The van der Waals surface area contributed by atoms with Crippen molar-refractivity contribution in [3.8, 4) is 0 Å². The number of urea groups is 1. The minimum absolute atomic E-state index is 0.0126. The fourth-order valence-electron chi connectivity index (χ4n) is 4.38. The van der Waals surface area contributed by atoms with E-state index < -0.39 is 0 Å². The number of likely N-dealkylation sites (tertiary alicyclic amines) is 2. The standard InChI is InChI=1S/C21H33N3O2/c1-2-8-21(17-25)9-12-24(16-21)20(26)22-14-18-6-5-7-19(13-18)15-23-10-3-4-11-23/h5-7,13,25H,2-4,8-12,14-17H2,1H3,(H,22,26). The van der Waals surface area contributed by atoms with E-state index in [2.05, 4.69) is 41.4 Å². The number of nitrogens with zero attached hydrogens (tertiary/aromatic N) is 2. The predicted molar refractivity (Wildman–Crippen MR) is 104 cm³/mol. The Morgan fingerprint density at radius 3 is 2.73 bits per heavy atom. The maximum atomic E-state index is 12.5. The summed E-state index contributed by atoms with van der Waals surface area (Å²) in [7, 11) is 0. The van der Waals surface area contributed by atoms with Gasteiger partial charge in [-0.2, -0.15) is 0 Å².